The molecule has 1 nitrogen and oxygen atoms in total. The van der Waals surface area contributed by atoms with Crippen molar-refractivity contribution in [3.8, 4) is 0 Å². The summed E-state index contributed by atoms with van der Waals surface area (Å²) in [4.78, 5) is 0. The van der Waals surface area contributed by atoms with E-state index in [1.54, 1.807) is 12.2 Å². The maximum absolute atomic E-state index is 5.69. The maximum atomic E-state index is 5.69. The summed E-state index contributed by atoms with van der Waals surface area (Å²) in [6.45, 7) is 11.0. The minimum absolute atomic E-state index is 0.883. The first-order valence-electron chi connectivity index (χ1n) is 5.23. The van der Waals surface area contributed by atoms with Crippen LogP contribution in [0.5, 0.6) is 0 Å². The first-order chi connectivity index (χ1) is 7.13. The van der Waals surface area contributed by atoms with E-state index in [2.05, 4.69) is 39.1 Å². The number of nitrogen functional groups attached to an aromatic ring is 1. The predicted octanol–water partition coefficient (Wildman–Crippen LogP) is 3.89. The molecule has 0 radical (unpaired) electrons. The molecule has 0 bridgehead atoms. The molecule has 82 valence electrons. The standard InChI is InChI=1S/C10H15N.C4H6/c1-3-4-9-5-8(2)6-10(11)7-9;1-3-4-2/h5-7H,3-4,11H2,1-2H3;3-4H,1-2H2. The van der Waals surface area contributed by atoms with Gasteiger partial charge in [0.25, 0.3) is 0 Å². The Labute approximate surface area is 93.3 Å². The van der Waals surface area contributed by atoms with Gasteiger partial charge in [-0.05, 0) is 36.6 Å². The van der Waals surface area contributed by atoms with Crippen LogP contribution in [0.4, 0.5) is 5.69 Å². The van der Waals surface area contributed by atoms with E-state index in [0.29, 0.717) is 0 Å². The average Bonchev–Trinajstić information content (AvgIpc) is 2.17. The first-order valence-corrected chi connectivity index (χ1v) is 5.23. The fourth-order valence-electron chi connectivity index (χ4n) is 1.33. The lowest BCUT2D eigenvalue weighted by Gasteiger charge is -2.02. The Kier molecular flexibility index (Phi) is 7.08. The summed E-state index contributed by atoms with van der Waals surface area (Å²) in [5.74, 6) is 0. The van der Waals surface area contributed by atoms with Crippen molar-refractivity contribution < 1.29 is 0 Å². The van der Waals surface area contributed by atoms with Crippen molar-refractivity contribution in [1.29, 1.82) is 0 Å². The summed E-state index contributed by atoms with van der Waals surface area (Å²) in [6.07, 6.45) is 5.59. The Hall–Kier alpha value is -1.50. The summed E-state index contributed by atoms with van der Waals surface area (Å²) in [7, 11) is 0. The maximum Gasteiger partial charge on any atom is 0.0319 e. The third-order valence-electron chi connectivity index (χ3n) is 1.86. The van der Waals surface area contributed by atoms with Crippen molar-refractivity contribution in [2.45, 2.75) is 26.7 Å². The molecule has 0 amide bonds. The number of aryl methyl sites for hydroxylation is 2. The summed E-state index contributed by atoms with van der Waals surface area (Å²) in [5, 5.41) is 0. The zero-order chi connectivity index (χ0) is 11.7. The fraction of sp³-hybridized carbons (Fsp3) is 0.286. The lowest BCUT2D eigenvalue weighted by Crippen LogP contribution is -1.90. The van der Waals surface area contributed by atoms with E-state index >= 15 is 0 Å². The molecule has 1 aromatic carbocycles. The van der Waals surface area contributed by atoms with Crippen LogP contribution in [-0.2, 0) is 6.42 Å². The van der Waals surface area contributed by atoms with E-state index in [0.717, 1.165) is 12.1 Å². The molecule has 0 aliphatic carbocycles. The smallest absolute Gasteiger partial charge is 0.0319 e. The number of allylic oxidation sites excluding steroid dienone is 2. The number of benzene rings is 1. The third kappa shape index (κ3) is 6.55. The van der Waals surface area contributed by atoms with Crippen molar-refractivity contribution in [2.24, 2.45) is 0 Å². The van der Waals surface area contributed by atoms with Crippen LogP contribution in [0, 0.1) is 6.92 Å². The number of nitrogens with two attached hydrogens (primary N) is 1. The second-order valence-electron chi connectivity index (χ2n) is 3.47. The molecular weight excluding hydrogens is 182 g/mol. The van der Waals surface area contributed by atoms with Gasteiger partial charge < -0.3 is 5.73 Å². The third-order valence-corrected chi connectivity index (χ3v) is 1.86. The summed E-state index contributed by atoms with van der Waals surface area (Å²) < 4.78 is 0. The molecule has 0 aliphatic heterocycles. The normalized spacial score (nSPS) is 8.67. The predicted molar refractivity (Wildman–Crippen MR) is 70.0 cm³/mol. The quantitative estimate of drug-likeness (QED) is 0.585. The van der Waals surface area contributed by atoms with E-state index in [1.165, 1.54) is 17.5 Å². The van der Waals surface area contributed by atoms with Crippen LogP contribution in [0.25, 0.3) is 0 Å². The Morgan fingerprint density at radius 3 is 2.20 bits per heavy atom. The van der Waals surface area contributed by atoms with Crippen LogP contribution in [0.3, 0.4) is 0 Å². The number of rotatable bonds is 3. The van der Waals surface area contributed by atoms with Gasteiger partial charge in [-0.2, -0.15) is 0 Å². The number of hydrogen-bond acceptors (Lipinski definition) is 1. The Bertz CT molecular complexity index is 287. The average molecular weight is 203 g/mol. The minimum atomic E-state index is 0.883. The fourth-order valence-corrected chi connectivity index (χ4v) is 1.33. The summed E-state index contributed by atoms with van der Waals surface area (Å²) in [5.41, 5.74) is 9.18. The molecule has 0 atom stereocenters. The number of anilines is 1. The van der Waals surface area contributed by atoms with Crippen molar-refractivity contribution in [1.82, 2.24) is 0 Å². The Morgan fingerprint density at radius 2 is 1.80 bits per heavy atom. The topological polar surface area (TPSA) is 26.0 Å². The van der Waals surface area contributed by atoms with Crippen molar-refractivity contribution in [3.05, 3.63) is 54.6 Å². The second-order valence-corrected chi connectivity index (χ2v) is 3.47. The van der Waals surface area contributed by atoms with Gasteiger partial charge in [0.15, 0.2) is 0 Å². The molecule has 15 heavy (non-hydrogen) atoms. The molecule has 0 unspecified atom stereocenters. The van der Waals surface area contributed by atoms with Gasteiger partial charge in [0.2, 0.25) is 0 Å². The van der Waals surface area contributed by atoms with Gasteiger partial charge in [0, 0.05) is 5.69 Å². The highest BCUT2D eigenvalue weighted by molar-refractivity contribution is 5.44. The monoisotopic (exact) mass is 203 g/mol. The summed E-state index contributed by atoms with van der Waals surface area (Å²) >= 11 is 0. The van der Waals surface area contributed by atoms with E-state index in [-0.39, 0.29) is 0 Å². The SMILES string of the molecule is C=CC=C.CCCc1cc(C)cc(N)c1. The van der Waals surface area contributed by atoms with Crippen LogP contribution in [0.15, 0.2) is 43.5 Å². The molecule has 0 saturated heterocycles. The number of hydrogen-bond donors (Lipinski definition) is 1. The Morgan fingerprint density at radius 1 is 1.20 bits per heavy atom. The second kappa shape index (κ2) is 7.86. The van der Waals surface area contributed by atoms with E-state index in [4.69, 9.17) is 5.73 Å². The van der Waals surface area contributed by atoms with Crippen LogP contribution in [0.1, 0.15) is 24.5 Å². The van der Waals surface area contributed by atoms with Gasteiger partial charge in [-0.3, -0.25) is 0 Å². The van der Waals surface area contributed by atoms with Crippen molar-refractivity contribution in [2.75, 3.05) is 5.73 Å². The molecule has 0 spiro atoms. The highest BCUT2D eigenvalue weighted by atomic mass is 14.5. The van der Waals surface area contributed by atoms with Crippen LogP contribution < -0.4 is 5.73 Å². The molecule has 1 aromatic rings. The van der Waals surface area contributed by atoms with Crippen LogP contribution >= 0.6 is 0 Å². The van der Waals surface area contributed by atoms with Gasteiger partial charge in [-0.25, -0.2) is 0 Å². The van der Waals surface area contributed by atoms with Crippen LogP contribution in [-0.4, -0.2) is 0 Å². The van der Waals surface area contributed by atoms with E-state index in [9.17, 15) is 0 Å². The molecule has 1 rings (SSSR count). The van der Waals surface area contributed by atoms with Gasteiger partial charge in [-0.15, -0.1) is 0 Å². The highest BCUT2D eigenvalue weighted by Crippen LogP contribution is 2.12. The zero-order valence-electron chi connectivity index (χ0n) is 9.79. The lowest BCUT2D eigenvalue weighted by atomic mass is 10.1. The molecule has 0 aliphatic rings. The molecule has 0 aromatic heterocycles. The van der Waals surface area contributed by atoms with E-state index < -0.39 is 0 Å². The molecule has 0 fully saturated rings. The lowest BCUT2D eigenvalue weighted by molar-refractivity contribution is 0.921. The molecular formula is C14H21N. The Balaban J connectivity index is 0.000000423. The molecule has 0 heterocycles. The van der Waals surface area contributed by atoms with Gasteiger partial charge in [0.1, 0.15) is 0 Å². The summed E-state index contributed by atoms with van der Waals surface area (Å²) in [6, 6.07) is 6.25. The van der Waals surface area contributed by atoms with Gasteiger partial charge in [-0.1, -0.05) is 44.7 Å². The van der Waals surface area contributed by atoms with Crippen molar-refractivity contribution in [3.63, 3.8) is 0 Å². The molecule has 2 N–H and O–H groups in total. The first kappa shape index (κ1) is 13.5. The minimum Gasteiger partial charge on any atom is -0.399 e. The van der Waals surface area contributed by atoms with Gasteiger partial charge >= 0.3 is 0 Å². The van der Waals surface area contributed by atoms with Gasteiger partial charge in [0.05, 0.1) is 0 Å². The zero-order valence-corrected chi connectivity index (χ0v) is 9.79. The largest absolute Gasteiger partial charge is 0.399 e. The van der Waals surface area contributed by atoms with E-state index in [1.807, 2.05) is 6.07 Å². The highest BCUT2D eigenvalue weighted by Gasteiger charge is 1.93. The molecule has 0 saturated carbocycles. The van der Waals surface area contributed by atoms with Crippen LogP contribution in [0.2, 0.25) is 0 Å². The molecule has 1 heteroatoms. The van der Waals surface area contributed by atoms with Crippen molar-refractivity contribution >= 4 is 5.69 Å².